The van der Waals surface area contributed by atoms with E-state index in [4.69, 9.17) is 0 Å². The van der Waals surface area contributed by atoms with Crippen LogP contribution in [0, 0.1) is 5.82 Å². The van der Waals surface area contributed by atoms with Gasteiger partial charge in [0, 0.05) is 11.0 Å². The van der Waals surface area contributed by atoms with Gasteiger partial charge in [0.05, 0.1) is 5.69 Å². The second-order valence-electron chi connectivity index (χ2n) is 5.03. The summed E-state index contributed by atoms with van der Waals surface area (Å²) in [5.41, 5.74) is 0.595. The number of rotatable bonds is 10. The highest BCUT2D eigenvalue weighted by atomic mass is 79.9. The van der Waals surface area contributed by atoms with Gasteiger partial charge in [0.1, 0.15) is 5.82 Å². The van der Waals surface area contributed by atoms with Crippen molar-refractivity contribution in [1.82, 2.24) is 0 Å². The average Bonchev–Trinajstić information content (AvgIpc) is 2.40. The maximum atomic E-state index is 13.4. The van der Waals surface area contributed by atoms with Crippen molar-refractivity contribution in [3.05, 3.63) is 28.5 Å². The fraction of sp³-hybridized carbons (Fsp3) is 0.625. The molecule has 1 aromatic rings. The number of nitrogens with one attached hydrogen (secondary N) is 1. The monoisotopic (exact) mass is 329 g/mol. The summed E-state index contributed by atoms with van der Waals surface area (Å²) in [6.45, 7) is 3.09. The molecule has 1 aromatic carbocycles. The Balaban J connectivity index is 2.03. The van der Waals surface area contributed by atoms with Crippen LogP contribution in [0.1, 0.15) is 58.3 Å². The lowest BCUT2D eigenvalue weighted by Crippen LogP contribution is -2.03. The lowest BCUT2D eigenvalue weighted by molar-refractivity contribution is 0.580. The molecule has 0 heterocycles. The molecule has 108 valence electrons. The molecule has 0 spiro atoms. The molecule has 0 radical (unpaired) electrons. The third kappa shape index (κ3) is 7.56. The Morgan fingerprint density at radius 2 is 1.63 bits per heavy atom. The highest BCUT2D eigenvalue weighted by molar-refractivity contribution is 9.10. The second-order valence-corrected chi connectivity index (χ2v) is 5.94. The van der Waals surface area contributed by atoms with Crippen molar-refractivity contribution in [2.24, 2.45) is 0 Å². The van der Waals surface area contributed by atoms with Gasteiger partial charge in [-0.2, -0.15) is 0 Å². The molecule has 19 heavy (non-hydrogen) atoms. The van der Waals surface area contributed by atoms with Gasteiger partial charge in [-0.1, -0.05) is 67.8 Å². The van der Waals surface area contributed by atoms with Crippen molar-refractivity contribution in [2.75, 3.05) is 11.9 Å². The highest BCUT2D eigenvalue weighted by Crippen LogP contribution is 2.20. The van der Waals surface area contributed by atoms with Crippen LogP contribution in [-0.2, 0) is 0 Å². The molecule has 0 fully saturated rings. The molecule has 0 atom stereocenters. The van der Waals surface area contributed by atoms with E-state index in [1.54, 1.807) is 12.1 Å². The molecule has 0 amide bonds. The van der Waals surface area contributed by atoms with Crippen molar-refractivity contribution in [1.29, 1.82) is 0 Å². The lowest BCUT2D eigenvalue weighted by atomic mass is 10.1. The normalized spacial score (nSPS) is 10.7. The van der Waals surface area contributed by atoms with Crippen molar-refractivity contribution >= 4 is 21.6 Å². The molecule has 0 saturated heterocycles. The standard InChI is InChI=1S/C16H25BrFN/c1-2-3-4-5-6-7-8-9-12-19-16-13-14(17)10-11-15(16)18/h10-11,13,19H,2-9,12H2,1H3. The van der Waals surface area contributed by atoms with Crippen LogP contribution >= 0.6 is 15.9 Å². The smallest absolute Gasteiger partial charge is 0.146 e. The van der Waals surface area contributed by atoms with E-state index in [0.717, 1.165) is 17.4 Å². The molecule has 0 saturated carbocycles. The minimum atomic E-state index is -0.178. The summed E-state index contributed by atoms with van der Waals surface area (Å²) in [4.78, 5) is 0. The average molecular weight is 330 g/mol. The summed E-state index contributed by atoms with van der Waals surface area (Å²) in [5.74, 6) is -0.178. The van der Waals surface area contributed by atoms with Crippen LogP contribution in [0.15, 0.2) is 22.7 Å². The van der Waals surface area contributed by atoms with Crippen LogP contribution in [0.5, 0.6) is 0 Å². The van der Waals surface area contributed by atoms with Crippen LogP contribution in [0.3, 0.4) is 0 Å². The third-order valence-corrected chi connectivity index (χ3v) is 3.77. The predicted molar refractivity (Wildman–Crippen MR) is 85.2 cm³/mol. The van der Waals surface area contributed by atoms with Gasteiger partial charge >= 0.3 is 0 Å². The Hall–Kier alpha value is -0.570. The summed E-state index contributed by atoms with van der Waals surface area (Å²) in [6.07, 6.45) is 10.4. The topological polar surface area (TPSA) is 12.0 Å². The quantitative estimate of drug-likeness (QED) is 0.508. The zero-order chi connectivity index (χ0) is 13.9. The molecule has 0 bridgehead atoms. The molecule has 0 aromatic heterocycles. The van der Waals surface area contributed by atoms with Gasteiger partial charge in [-0.3, -0.25) is 0 Å². The summed E-state index contributed by atoms with van der Waals surface area (Å²) < 4.78 is 14.3. The summed E-state index contributed by atoms with van der Waals surface area (Å²) in [5, 5.41) is 3.16. The molecule has 0 aliphatic heterocycles. The van der Waals surface area contributed by atoms with Crippen LogP contribution in [-0.4, -0.2) is 6.54 Å². The summed E-state index contributed by atoms with van der Waals surface area (Å²) >= 11 is 3.35. The van der Waals surface area contributed by atoms with Crippen molar-refractivity contribution < 1.29 is 4.39 Å². The Bertz CT molecular complexity index is 355. The van der Waals surface area contributed by atoms with E-state index in [2.05, 4.69) is 28.2 Å². The molecule has 1 nitrogen and oxygen atoms in total. The summed E-state index contributed by atoms with van der Waals surface area (Å²) in [7, 11) is 0. The first-order valence-electron chi connectivity index (χ1n) is 7.43. The Labute approximate surface area is 125 Å². The largest absolute Gasteiger partial charge is 0.383 e. The number of hydrogen-bond acceptors (Lipinski definition) is 1. The number of unbranched alkanes of at least 4 members (excludes halogenated alkanes) is 7. The van der Waals surface area contributed by atoms with Gasteiger partial charge in [0.15, 0.2) is 0 Å². The zero-order valence-corrected chi connectivity index (χ0v) is 13.4. The van der Waals surface area contributed by atoms with Gasteiger partial charge in [-0.15, -0.1) is 0 Å². The van der Waals surface area contributed by atoms with Gasteiger partial charge in [-0.25, -0.2) is 4.39 Å². The number of halogens is 2. The lowest BCUT2D eigenvalue weighted by Gasteiger charge is -2.08. The van der Waals surface area contributed by atoms with Crippen LogP contribution in [0.25, 0.3) is 0 Å². The van der Waals surface area contributed by atoms with E-state index >= 15 is 0 Å². The van der Waals surface area contributed by atoms with Gasteiger partial charge in [0.25, 0.3) is 0 Å². The Morgan fingerprint density at radius 1 is 1.00 bits per heavy atom. The van der Waals surface area contributed by atoms with Crippen LogP contribution < -0.4 is 5.32 Å². The van der Waals surface area contributed by atoms with Crippen molar-refractivity contribution in [3.8, 4) is 0 Å². The maximum Gasteiger partial charge on any atom is 0.146 e. The Morgan fingerprint density at radius 3 is 2.32 bits per heavy atom. The molecule has 1 rings (SSSR count). The zero-order valence-electron chi connectivity index (χ0n) is 11.9. The summed E-state index contributed by atoms with van der Waals surface area (Å²) in [6, 6.07) is 5.00. The van der Waals surface area contributed by atoms with E-state index in [1.165, 1.54) is 51.0 Å². The fourth-order valence-corrected chi connectivity index (χ4v) is 2.48. The van der Waals surface area contributed by atoms with Crippen LogP contribution in [0.2, 0.25) is 0 Å². The molecule has 0 aliphatic rings. The van der Waals surface area contributed by atoms with E-state index in [9.17, 15) is 4.39 Å². The molecule has 0 unspecified atom stereocenters. The minimum Gasteiger partial charge on any atom is -0.383 e. The number of anilines is 1. The first-order valence-corrected chi connectivity index (χ1v) is 8.22. The van der Waals surface area contributed by atoms with E-state index in [-0.39, 0.29) is 5.82 Å². The van der Waals surface area contributed by atoms with Crippen molar-refractivity contribution in [2.45, 2.75) is 58.3 Å². The predicted octanol–water partition coefficient (Wildman–Crippen LogP) is 6.14. The van der Waals surface area contributed by atoms with Gasteiger partial charge < -0.3 is 5.32 Å². The molecular weight excluding hydrogens is 305 g/mol. The first-order chi connectivity index (χ1) is 9.24. The Kier molecular flexibility index (Phi) is 8.89. The van der Waals surface area contributed by atoms with Gasteiger partial charge in [0.2, 0.25) is 0 Å². The highest BCUT2D eigenvalue weighted by Gasteiger charge is 2.01. The SMILES string of the molecule is CCCCCCCCCCNc1cc(Br)ccc1F. The van der Waals surface area contributed by atoms with Crippen LogP contribution in [0.4, 0.5) is 10.1 Å². The van der Waals surface area contributed by atoms with E-state index < -0.39 is 0 Å². The van der Waals surface area contributed by atoms with Crippen molar-refractivity contribution in [3.63, 3.8) is 0 Å². The maximum absolute atomic E-state index is 13.4. The third-order valence-electron chi connectivity index (χ3n) is 3.27. The molecular formula is C16H25BrFN. The molecule has 0 aliphatic carbocycles. The number of benzene rings is 1. The molecule has 3 heteroatoms. The number of hydrogen-bond donors (Lipinski definition) is 1. The fourth-order valence-electron chi connectivity index (χ4n) is 2.11. The second kappa shape index (κ2) is 10.2. The van der Waals surface area contributed by atoms with Gasteiger partial charge in [-0.05, 0) is 24.6 Å². The minimum absolute atomic E-state index is 0.178. The van der Waals surface area contributed by atoms with E-state index in [0.29, 0.717) is 5.69 Å². The van der Waals surface area contributed by atoms with E-state index in [1.807, 2.05) is 0 Å². The first kappa shape index (κ1) is 16.5. The molecule has 1 N–H and O–H groups in total.